The van der Waals surface area contributed by atoms with Gasteiger partial charge in [0.05, 0.1) is 0 Å². The van der Waals surface area contributed by atoms with Gasteiger partial charge >= 0.3 is 6.03 Å². The Bertz CT molecular complexity index is 1370. The van der Waals surface area contributed by atoms with Crippen LogP contribution in [0.15, 0.2) is 78.5 Å². The number of imide groups is 1. The number of rotatable bonds is 8. The average molecular weight is 503 g/mol. The van der Waals surface area contributed by atoms with E-state index in [9.17, 15) is 23.6 Å². The van der Waals surface area contributed by atoms with Crippen LogP contribution >= 0.6 is 0 Å². The molecule has 5 amide bonds. The molecule has 1 aliphatic heterocycles. The zero-order valence-electron chi connectivity index (χ0n) is 19.8. The number of carbonyl (C=O) groups is 4. The van der Waals surface area contributed by atoms with Crippen molar-refractivity contribution in [3.05, 3.63) is 95.4 Å². The highest BCUT2D eigenvalue weighted by Crippen LogP contribution is 2.23. The van der Waals surface area contributed by atoms with E-state index in [2.05, 4.69) is 16.0 Å². The van der Waals surface area contributed by atoms with Gasteiger partial charge in [-0.05, 0) is 55.5 Å². The molecule has 10 heteroatoms. The van der Waals surface area contributed by atoms with Gasteiger partial charge in [0.2, 0.25) is 5.91 Å². The summed E-state index contributed by atoms with van der Waals surface area (Å²) in [5.41, 5.74) is 2.38. The maximum Gasteiger partial charge on any atom is 0.329 e. The molecule has 37 heavy (non-hydrogen) atoms. The first-order chi connectivity index (χ1) is 17.8. The molecule has 0 unspecified atom stereocenters. The normalized spacial score (nSPS) is 13.9. The quantitative estimate of drug-likeness (QED) is 0.321. The summed E-state index contributed by atoms with van der Waals surface area (Å²) in [6.45, 7) is 1.11. The molecular formula is C27H23FN4O5. The summed E-state index contributed by atoms with van der Waals surface area (Å²) in [4.78, 5) is 50.6. The van der Waals surface area contributed by atoms with E-state index >= 15 is 0 Å². The number of nitrogens with zero attached hydrogens (tertiary/aromatic N) is 1. The topological polar surface area (TPSA) is 117 Å². The van der Waals surface area contributed by atoms with Crippen molar-refractivity contribution in [2.45, 2.75) is 6.92 Å². The summed E-state index contributed by atoms with van der Waals surface area (Å²) < 4.78 is 18.6. The van der Waals surface area contributed by atoms with Crippen LogP contribution in [0.2, 0.25) is 0 Å². The highest BCUT2D eigenvalue weighted by molar-refractivity contribution is 6.16. The van der Waals surface area contributed by atoms with Crippen LogP contribution in [0.1, 0.15) is 11.1 Å². The van der Waals surface area contributed by atoms with E-state index in [-0.39, 0.29) is 12.3 Å². The summed E-state index contributed by atoms with van der Waals surface area (Å²) in [5.74, 6) is -1.79. The van der Waals surface area contributed by atoms with Crippen LogP contribution in [0.4, 0.5) is 20.6 Å². The lowest BCUT2D eigenvalue weighted by molar-refractivity contribution is -0.127. The zero-order valence-corrected chi connectivity index (χ0v) is 19.8. The van der Waals surface area contributed by atoms with Gasteiger partial charge < -0.3 is 20.7 Å². The van der Waals surface area contributed by atoms with Gasteiger partial charge in [-0.2, -0.15) is 0 Å². The Kier molecular flexibility index (Phi) is 7.58. The monoisotopic (exact) mass is 502 g/mol. The van der Waals surface area contributed by atoms with Crippen LogP contribution in [0.5, 0.6) is 5.75 Å². The van der Waals surface area contributed by atoms with Crippen molar-refractivity contribution in [1.82, 2.24) is 10.2 Å². The van der Waals surface area contributed by atoms with Gasteiger partial charge in [-0.15, -0.1) is 0 Å². The van der Waals surface area contributed by atoms with E-state index in [0.717, 1.165) is 10.5 Å². The zero-order chi connectivity index (χ0) is 26.4. The van der Waals surface area contributed by atoms with Gasteiger partial charge in [-0.25, -0.2) is 14.1 Å². The SMILES string of the molecule is Cc1ccc(NC(=O)CN2C(=O)NC(=Cc3ccccc3OCC(=O)Nc3ccc(F)cc3)C2=O)cc1. The van der Waals surface area contributed by atoms with E-state index in [1.807, 2.05) is 19.1 Å². The second-order valence-corrected chi connectivity index (χ2v) is 8.18. The Morgan fingerprint density at radius 2 is 1.54 bits per heavy atom. The van der Waals surface area contributed by atoms with Gasteiger partial charge in [-0.1, -0.05) is 35.9 Å². The smallest absolute Gasteiger partial charge is 0.329 e. The standard InChI is InChI=1S/C27H23FN4O5/c1-17-6-10-20(11-7-17)29-24(33)15-32-26(35)22(31-27(32)36)14-18-4-2-3-5-23(18)37-16-25(34)30-21-12-8-19(28)9-13-21/h2-14H,15-16H2,1H3,(H,29,33)(H,30,34)(H,31,36). The molecule has 4 rings (SSSR count). The number of hydrogen-bond acceptors (Lipinski definition) is 5. The maximum absolute atomic E-state index is 13.0. The fraction of sp³-hybridized carbons (Fsp3) is 0.111. The molecule has 0 spiro atoms. The largest absolute Gasteiger partial charge is 0.483 e. The molecule has 3 aromatic rings. The molecule has 3 aromatic carbocycles. The molecule has 0 atom stereocenters. The highest BCUT2D eigenvalue weighted by atomic mass is 19.1. The van der Waals surface area contributed by atoms with Crippen molar-refractivity contribution < 1.29 is 28.3 Å². The minimum absolute atomic E-state index is 0.0417. The summed E-state index contributed by atoms with van der Waals surface area (Å²) in [7, 11) is 0. The number of anilines is 2. The lowest BCUT2D eigenvalue weighted by Crippen LogP contribution is -2.38. The molecule has 1 aliphatic rings. The third-order valence-corrected chi connectivity index (χ3v) is 5.30. The lowest BCUT2D eigenvalue weighted by atomic mass is 10.1. The van der Waals surface area contributed by atoms with Crippen LogP contribution in [-0.2, 0) is 14.4 Å². The Balaban J connectivity index is 1.39. The number of carbonyl (C=O) groups excluding carboxylic acids is 4. The van der Waals surface area contributed by atoms with Crippen molar-refractivity contribution in [2.75, 3.05) is 23.8 Å². The number of urea groups is 1. The van der Waals surface area contributed by atoms with Crippen molar-refractivity contribution in [3.63, 3.8) is 0 Å². The van der Waals surface area contributed by atoms with Crippen molar-refractivity contribution in [3.8, 4) is 5.75 Å². The van der Waals surface area contributed by atoms with Crippen LogP contribution in [0.3, 0.4) is 0 Å². The predicted octanol–water partition coefficient (Wildman–Crippen LogP) is 3.68. The summed E-state index contributed by atoms with van der Waals surface area (Å²) >= 11 is 0. The minimum Gasteiger partial charge on any atom is -0.483 e. The van der Waals surface area contributed by atoms with Crippen molar-refractivity contribution in [2.24, 2.45) is 0 Å². The number of ether oxygens (including phenoxy) is 1. The van der Waals surface area contributed by atoms with Crippen LogP contribution in [0.25, 0.3) is 6.08 Å². The number of halogens is 1. The first-order valence-corrected chi connectivity index (χ1v) is 11.3. The average Bonchev–Trinajstić information content (AvgIpc) is 3.13. The highest BCUT2D eigenvalue weighted by Gasteiger charge is 2.35. The minimum atomic E-state index is -0.729. The van der Waals surface area contributed by atoms with E-state index in [0.29, 0.717) is 22.7 Å². The van der Waals surface area contributed by atoms with Crippen LogP contribution in [0, 0.1) is 12.7 Å². The van der Waals surface area contributed by atoms with E-state index in [1.165, 1.54) is 30.3 Å². The number of amides is 5. The molecule has 0 aliphatic carbocycles. The molecule has 1 heterocycles. The maximum atomic E-state index is 13.0. The molecule has 0 aromatic heterocycles. The Morgan fingerprint density at radius 1 is 0.919 bits per heavy atom. The predicted molar refractivity (Wildman–Crippen MR) is 135 cm³/mol. The molecule has 1 fully saturated rings. The number of nitrogens with one attached hydrogen (secondary N) is 3. The Morgan fingerprint density at radius 3 is 2.24 bits per heavy atom. The van der Waals surface area contributed by atoms with Gasteiger partial charge in [-0.3, -0.25) is 14.4 Å². The number of para-hydroxylation sites is 1. The first-order valence-electron chi connectivity index (χ1n) is 11.3. The Hall–Kier alpha value is -4.99. The molecule has 0 bridgehead atoms. The molecular weight excluding hydrogens is 479 g/mol. The summed E-state index contributed by atoms with van der Waals surface area (Å²) in [6, 6.07) is 18.3. The molecule has 1 saturated heterocycles. The van der Waals surface area contributed by atoms with Gasteiger partial charge in [0, 0.05) is 16.9 Å². The van der Waals surface area contributed by atoms with Crippen molar-refractivity contribution >= 4 is 41.2 Å². The Labute approximate surface area is 211 Å². The number of hydrogen-bond donors (Lipinski definition) is 3. The van der Waals surface area contributed by atoms with Crippen molar-refractivity contribution in [1.29, 1.82) is 0 Å². The number of aryl methyl sites for hydroxylation is 1. The summed E-state index contributed by atoms with van der Waals surface area (Å²) in [5, 5.41) is 7.70. The first kappa shape index (κ1) is 25.1. The van der Waals surface area contributed by atoms with Gasteiger partial charge in [0.1, 0.15) is 23.8 Å². The third kappa shape index (κ3) is 6.57. The van der Waals surface area contributed by atoms with E-state index in [4.69, 9.17) is 4.74 Å². The van der Waals surface area contributed by atoms with Crippen LogP contribution < -0.4 is 20.7 Å². The van der Waals surface area contributed by atoms with E-state index < -0.39 is 36.1 Å². The lowest BCUT2D eigenvalue weighted by Gasteiger charge is -2.12. The summed E-state index contributed by atoms with van der Waals surface area (Å²) in [6.07, 6.45) is 1.41. The molecule has 0 radical (unpaired) electrons. The fourth-order valence-electron chi connectivity index (χ4n) is 3.46. The molecule has 3 N–H and O–H groups in total. The molecule has 188 valence electrons. The second-order valence-electron chi connectivity index (χ2n) is 8.18. The van der Waals surface area contributed by atoms with Crippen LogP contribution in [-0.4, -0.2) is 41.8 Å². The molecule has 9 nitrogen and oxygen atoms in total. The molecule has 0 saturated carbocycles. The fourth-order valence-corrected chi connectivity index (χ4v) is 3.46. The van der Waals surface area contributed by atoms with Gasteiger partial charge in [0.25, 0.3) is 11.8 Å². The number of benzene rings is 3. The third-order valence-electron chi connectivity index (χ3n) is 5.30. The van der Waals surface area contributed by atoms with E-state index in [1.54, 1.807) is 36.4 Å². The second kappa shape index (κ2) is 11.2. The van der Waals surface area contributed by atoms with Gasteiger partial charge in [0.15, 0.2) is 6.61 Å².